The maximum atomic E-state index is 12.7. The predicted octanol–water partition coefficient (Wildman–Crippen LogP) is 4.62. The van der Waals surface area contributed by atoms with Gasteiger partial charge in [0.1, 0.15) is 5.75 Å². The molecule has 3 fully saturated rings. The first-order valence-electron chi connectivity index (χ1n) is 13.6. The van der Waals surface area contributed by atoms with Crippen molar-refractivity contribution in [2.24, 2.45) is 11.8 Å². The summed E-state index contributed by atoms with van der Waals surface area (Å²) in [6.07, 6.45) is 9.84. The molecular weight excluding hydrogens is 478 g/mol. The molecule has 2 saturated heterocycles. The van der Waals surface area contributed by atoms with Gasteiger partial charge in [-0.25, -0.2) is 4.79 Å². The second-order valence-electron chi connectivity index (χ2n) is 11.0. The Bertz CT molecular complexity index is 960. The first-order valence-corrected chi connectivity index (χ1v) is 13.6. The largest absolute Gasteiger partial charge is 0.414 e. The number of halogens is 1. The SMILES string of the molecule is CN(C)C(=O)Oc1cccc2c1CCC1C2CCN1CCCCCN1C(=O)C2CCCCC2C1=O.Cl. The third-order valence-corrected chi connectivity index (χ3v) is 8.74. The maximum Gasteiger partial charge on any atom is 0.414 e. The maximum absolute atomic E-state index is 12.7. The first-order chi connectivity index (χ1) is 17.0. The van der Waals surface area contributed by atoms with Crippen molar-refractivity contribution in [1.29, 1.82) is 0 Å². The van der Waals surface area contributed by atoms with E-state index in [9.17, 15) is 14.4 Å². The molecule has 1 saturated carbocycles. The minimum Gasteiger partial charge on any atom is -0.410 e. The van der Waals surface area contributed by atoms with E-state index in [4.69, 9.17) is 4.74 Å². The number of benzene rings is 1. The van der Waals surface area contributed by atoms with Gasteiger partial charge in [-0.15, -0.1) is 12.4 Å². The average molecular weight is 518 g/mol. The number of hydrogen-bond donors (Lipinski definition) is 0. The smallest absolute Gasteiger partial charge is 0.410 e. The lowest BCUT2D eigenvalue weighted by atomic mass is 9.79. The van der Waals surface area contributed by atoms with Gasteiger partial charge < -0.3 is 9.64 Å². The molecule has 4 aliphatic rings. The van der Waals surface area contributed by atoms with Crippen molar-refractivity contribution in [3.8, 4) is 5.75 Å². The van der Waals surface area contributed by atoms with Crippen LogP contribution in [-0.4, -0.2) is 72.4 Å². The van der Waals surface area contributed by atoms with E-state index in [1.165, 1.54) is 16.0 Å². The number of hydrogen-bond acceptors (Lipinski definition) is 5. The van der Waals surface area contributed by atoms with E-state index in [0.29, 0.717) is 24.3 Å². The molecule has 2 aliphatic carbocycles. The summed E-state index contributed by atoms with van der Waals surface area (Å²) in [4.78, 5) is 43.1. The quantitative estimate of drug-likeness (QED) is 0.390. The highest BCUT2D eigenvalue weighted by atomic mass is 35.5. The number of carbonyl (C=O) groups excluding carboxylic acids is 3. The third-order valence-electron chi connectivity index (χ3n) is 8.74. The molecule has 0 spiro atoms. The molecular formula is C28H40ClN3O4. The summed E-state index contributed by atoms with van der Waals surface area (Å²) in [6.45, 7) is 2.76. The van der Waals surface area contributed by atoms with Crippen LogP contribution in [0.25, 0.3) is 0 Å². The Morgan fingerprint density at radius 3 is 2.33 bits per heavy atom. The van der Waals surface area contributed by atoms with Crippen LogP contribution in [0.5, 0.6) is 5.75 Å². The first kappa shape index (κ1) is 26.9. The van der Waals surface area contributed by atoms with E-state index < -0.39 is 0 Å². The van der Waals surface area contributed by atoms with E-state index in [-0.39, 0.29) is 42.2 Å². The summed E-state index contributed by atoms with van der Waals surface area (Å²) in [5.41, 5.74) is 2.55. The summed E-state index contributed by atoms with van der Waals surface area (Å²) in [6, 6.07) is 6.69. The molecule has 0 N–H and O–H groups in total. The lowest BCUT2D eigenvalue weighted by Gasteiger charge is -2.34. The van der Waals surface area contributed by atoms with Crippen molar-refractivity contribution in [3.05, 3.63) is 29.3 Å². The summed E-state index contributed by atoms with van der Waals surface area (Å²) in [5, 5.41) is 0. The zero-order valence-electron chi connectivity index (χ0n) is 21.6. The number of unbranched alkanes of at least 4 members (excludes halogenated alkanes) is 2. The molecule has 0 aromatic heterocycles. The Morgan fingerprint density at radius 2 is 1.64 bits per heavy atom. The lowest BCUT2D eigenvalue weighted by Crippen LogP contribution is -2.36. The van der Waals surface area contributed by atoms with Crippen LogP contribution in [0.3, 0.4) is 0 Å². The molecule has 1 aromatic carbocycles. The molecule has 7 nitrogen and oxygen atoms in total. The Hall–Kier alpha value is -2.12. The molecule has 5 rings (SSSR count). The Kier molecular flexibility index (Phi) is 8.61. The van der Waals surface area contributed by atoms with Crippen molar-refractivity contribution in [3.63, 3.8) is 0 Å². The number of imide groups is 1. The van der Waals surface area contributed by atoms with E-state index in [1.54, 1.807) is 19.0 Å². The van der Waals surface area contributed by atoms with Crippen LogP contribution in [0.4, 0.5) is 4.79 Å². The molecule has 1 aromatic rings. The van der Waals surface area contributed by atoms with E-state index in [1.807, 2.05) is 12.1 Å². The van der Waals surface area contributed by atoms with Gasteiger partial charge in [-0.1, -0.05) is 31.4 Å². The topological polar surface area (TPSA) is 70.2 Å². The normalized spacial score (nSPS) is 27.2. The Balaban J connectivity index is 0.00000304. The molecule has 0 radical (unpaired) electrons. The fourth-order valence-electron chi connectivity index (χ4n) is 6.93. The number of rotatable bonds is 7. The zero-order chi connectivity index (χ0) is 24.5. The number of nitrogens with zero attached hydrogens (tertiary/aromatic N) is 3. The number of carbonyl (C=O) groups is 3. The molecule has 36 heavy (non-hydrogen) atoms. The van der Waals surface area contributed by atoms with Crippen molar-refractivity contribution in [2.75, 3.05) is 33.7 Å². The summed E-state index contributed by atoms with van der Waals surface area (Å²) >= 11 is 0. The number of likely N-dealkylation sites (tertiary alicyclic amines) is 2. The molecule has 2 heterocycles. The van der Waals surface area contributed by atoms with Gasteiger partial charge in [0.25, 0.3) is 0 Å². The van der Waals surface area contributed by atoms with Crippen molar-refractivity contribution >= 4 is 30.3 Å². The van der Waals surface area contributed by atoms with Crippen LogP contribution in [0, 0.1) is 11.8 Å². The summed E-state index contributed by atoms with van der Waals surface area (Å²) in [5.74, 6) is 1.35. The summed E-state index contributed by atoms with van der Waals surface area (Å²) in [7, 11) is 3.41. The molecule has 0 bridgehead atoms. The van der Waals surface area contributed by atoms with Gasteiger partial charge in [-0.2, -0.15) is 0 Å². The highest BCUT2D eigenvalue weighted by molar-refractivity contribution is 6.05. The highest BCUT2D eigenvalue weighted by Crippen LogP contribution is 2.44. The van der Waals surface area contributed by atoms with Gasteiger partial charge in [-0.05, 0) is 75.2 Å². The van der Waals surface area contributed by atoms with E-state index in [0.717, 1.165) is 77.3 Å². The van der Waals surface area contributed by atoms with Gasteiger partial charge in [0.15, 0.2) is 0 Å². The van der Waals surface area contributed by atoms with Crippen LogP contribution >= 0.6 is 12.4 Å². The standard InChI is InChI=1S/C28H39N3O4.ClH/c1-29(2)28(34)35-25-12-8-11-19-20-15-18-30(24(20)14-13-21(19)25)16-6-3-7-17-31-26(32)22-9-4-5-10-23(22)27(31)33;/h8,11-12,20,22-24H,3-7,9-10,13-18H2,1-2H3;1H. The zero-order valence-corrected chi connectivity index (χ0v) is 22.4. The van der Waals surface area contributed by atoms with Crippen LogP contribution in [0.15, 0.2) is 18.2 Å². The molecule has 2 aliphatic heterocycles. The lowest BCUT2D eigenvalue weighted by molar-refractivity contribution is -0.140. The minimum atomic E-state index is -0.329. The minimum absolute atomic E-state index is 0. The second-order valence-corrected chi connectivity index (χ2v) is 11.0. The molecule has 8 heteroatoms. The monoisotopic (exact) mass is 517 g/mol. The number of amides is 3. The fraction of sp³-hybridized carbons (Fsp3) is 0.679. The van der Waals surface area contributed by atoms with Gasteiger partial charge in [0.2, 0.25) is 11.8 Å². The Labute approximate surface area is 220 Å². The Morgan fingerprint density at radius 1 is 0.944 bits per heavy atom. The van der Waals surface area contributed by atoms with Crippen molar-refractivity contribution < 1.29 is 19.1 Å². The van der Waals surface area contributed by atoms with Crippen molar-refractivity contribution in [1.82, 2.24) is 14.7 Å². The van der Waals surface area contributed by atoms with Gasteiger partial charge in [-0.3, -0.25) is 19.4 Å². The molecule has 3 amide bonds. The number of ether oxygens (including phenoxy) is 1. The van der Waals surface area contributed by atoms with Gasteiger partial charge >= 0.3 is 6.09 Å². The van der Waals surface area contributed by atoms with Crippen LogP contribution in [0.2, 0.25) is 0 Å². The molecule has 198 valence electrons. The average Bonchev–Trinajstić information content (AvgIpc) is 3.38. The number of fused-ring (bicyclic) bond motifs is 4. The second kappa shape index (κ2) is 11.5. The molecule has 4 atom stereocenters. The fourth-order valence-corrected chi connectivity index (χ4v) is 6.93. The van der Waals surface area contributed by atoms with Crippen molar-refractivity contribution in [2.45, 2.75) is 76.2 Å². The van der Waals surface area contributed by atoms with E-state index >= 15 is 0 Å². The van der Waals surface area contributed by atoms with Crippen LogP contribution in [0.1, 0.15) is 74.8 Å². The van der Waals surface area contributed by atoms with Crippen LogP contribution < -0.4 is 4.74 Å². The highest BCUT2D eigenvalue weighted by Gasteiger charge is 2.47. The molecule has 4 unspecified atom stereocenters. The predicted molar refractivity (Wildman–Crippen MR) is 140 cm³/mol. The van der Waals surface area contributed by atoms with Gasteiger partial charge in [0, 0.05) is 32.6 Å². The third kappa shape index (κ3) is 5.14. The van der Waals surface area contributed by atoms with Gasteiger partial charge in [0.05, 0.1) is 11.8 Å². The summed E-state index contributed by atoms with van der Waals surface area (Å²) < 4.78 is 5.65. The van der Waals surface area contributed by atoms with E-state index in [2.05, 4.69) is 11.0 Å². The van der Waals surface area contributed by atoms with Crippen LogP contribution in [-0.2, 0) is 16.0 Å².